The van der Waals surface area contributed by atoms with Crippen LogP contribution in [0.5, 0.6) is 0 Å². The molecule has 0 aromatic carbocycles. The molecule has 0 N–H and O–H groups in total. The lowest BCUT2D eigenvalue weighted by Crippen LogP contribution is -2.58. The molecule has 2 heterocycles. The van der Waals surface area contributed by atoms with Gasteiger partial charge in [0.2, 0.25) is 5.91 Å². The Bertz CT molecular complexity index is 431. The van der Waals surface area contributed by atoms with Crippen molar-refractivity contribution in [3.8, 4) is 0 Å². The third-order valence-electron chi connectivity index (χ3n) is 3.73. The van der Waals surface area contributed by atoms with E-state index in [0.29, 0.717) is 6.42 Å². The second kappa shape index (κ2) is 5.59. The van der Waals surface area contributed by atoms with E-state index in [2.05, 4.69) is 35.9 Å². The van der Waals surface area contributed by atoms with E-state index in [-0.39, 0.29) is 18.0 Å². The minimum atomic E-state index is 0.235. The molecule has 1 aromatic heterocycles. The number of rotatable bonds is 2. The number of carbonyl (C=O) groups excluding carboxylic acids is 1. The summed E-state index contributed by atoms with van der Waals surface area (Å²) in [4.78, 5) is 20.7. The molecule has 0 radical (unpaired) electrons. The predicted molar refractivity (Wildman–Crippen MR) is 77.2 cm³/mol. The van der Waals surface area contributed by atoms with Crippen molar-refractivity contribution in [2.24, 2.45) is 0 Å². The highest BCUT2D eigenvalue weighted by atomic mass is 16.2. The smallest absolute Gasteiger partial charge is 0.222 e. The Labute approximate surface area is 115 Å². The van der Waals surface area contributed by atoms with E-state index < -0.39 is 0 Å². The summed E-state index contributed by atoms with van der Waals surface area (Å²) in [5.41, 5.74) is 1.17. The van der Waals surface area contributed by atoms with Crippen molar-refractivity contribution in [3.05, 3.63) is 23.9 Å². The van der Waals surface area contributed by atoms with Crippen molar-refractivity contribution in [2.75, 3.05) is 18.0 Å². The van der Waals surface area contributed by atoms with Crippen LogP contribution in [-0.4, -0.2) is 41.0 Å². The molecular weight excluding hydrogens is 238 g/mol. The fourth-order valence-corrected chi connectivity index (χ4v) is 2.83. The summed E-state index contributed by atoms with van der Waals surface area (Å²) in [6.45, 7) is 9.91. The van der Waals surface area contributed by atoms with Crippen molar-refractivity contribution in [1.82, 2.24) is 9.88 Å². The molecule has 2 rings (SSSR count). The summed E-state index contributed by atoms with van der Waals surface area (Å²) in [5.74, 6) is 1.25. The van der Waals surface area contributed by atoms with Gasteiger partial charge in [0.25, 0.3) is 0 Å². The van der Waals surface area contributed by atoms with E-state index >= 15 is 0 Å². The van der Waals surface area contributed by atoms with Crippen LogP contribution >= 0.6 is 0 Å². The number of hydrogen-bond donors (Lipinski definition) is 0. The summed E-state index contributed by atoms with van der Waals surface area (Å²) in [5, 5.41) is 0. The van der Waals surface area contributed by atoms with E-state index in [1.54, 1.807) is 0 Å². The first-order valence-electron chi connectivity index (χ1n) is 7.01. The first-order valence-corrected chi connectivity index (χ1v) is 7.01. The van der Waals surface area contributed by atoms with Gasteiger partial charge in [0.15, 0.2) is 0 Å². The van der Waals surface area contributed by atoms with E-state index in [4.69, 9.17) is 0 Å². The van der Waals surface area contributed by atoms with Crippen LogP contribution in [0.15, 0.2) is 18.3 Å². The number of hydrogen-bond acceptors (Lipinski definition) is 3. The second-order valence-electron chi connectivity index (χ2n) is 5.45. The molecule has 0 saturated carbocycles. The number of anilines is 1. The Kier molecular flexibility index (Phi) is 4.08. The average molecular weight is 261 g/mol. The van der Waals surface area contributed by atoms with Crippen molar-refractivity contribution in [3.63, 3.8) is 0 Å². The van der Waals surface area contributed by atoms with Gasteiger partial charge in [0.1, 0.15) is 5.82 Å². The minimum absolute atomic E-state index is 0.235. The maximum atomic E-state index is 12.0. The number of pyridine rings is 1. The molecule has 2 unspecified atom stereocenters. The van der Waals surface area contributed by atoms with Crippen LogP contribution in [0, 0.1) is 6.92 Å². The molecule has 1 aliphatic heterocycles. The Balaban J connectivity index is 2.13. The molecule has 0 bridgehead atoms. The van der Waals surface area contributed by atoms with Crippen LogP contribution in [0.25, 0.3) is 0 Å². The van der Waals surface area contributed by atoms with E-state index in [1.165, 1.54) is 5.56 Å². The van der Waals surface area contributed by atoms with Crippen LogP contribution in [-0.2, 0) is 4.79 Å². The Morgan fingerprint density at radius 2 is 1.95 bits per heavy atom. The third-order valence-corrected chi connectivity index (χ3v) is 3.73. The quantitative estimate of drug-likeness (QED) is 0.819. The zero-order valence-corrected chi connectivity index (χ0v) is 12.3. The molecule has 0 aliphatic carbocycles. The molecule has 1 amide bonds. The number of aromatic nitrogens is 1. The van der Waals surface area contributed by atoms with E-state index in [9.17, 15) is 4.79 Å². The third kappa shape index (κ3) is 2.88. The first kappa shape index (κ1) is 13.8. The van der Waals surface area contributed by atoms with Crippen LogP contribution in [0.4, 0.5) is 5.82 Å². The molecule has 1 aliphatic rings. The maximum absolute atomic E-state index is 12.0. The fraction of sp³-hybridized carbons (Fsp3) is 0.600. The molecule has 1 aromatic rings. The fourth-order valence-electron chi connectivity index (χ4n) is 2.83. The Morgan fingerprint density at radius 3 is 2.42 bits per heavy atom. The second-order valence-corrected chi connectivity index (χ2v) is 5.45. The monoisotopic (exact) mass is 261 g/mol. The van der Waals surface area contributed by atoms with Crippen LogP contribution < -0.4 is 4.90 Å². The van der Waals surface area contributed by atoms with Crippen molar-refractivity contribution in [1.29, 1.82) is 0 Å². The standard InChI is InChI=1S/C15H23N3O/c1-5-15(19)18-12(3)9-17(10-13(18)4)14-7-6-11(2)8-16-14/h6-8,12-13H,5,9-10H2,1-4H3. The molecule has 1 saturated heterocycles. The highest BCUT2D eigenvalue weighted by Gasteiger charge is 2.32. The number of aryl methyl sites for hydroxylation is 1. The summed E-state index contributed by atoms with van der Waals surface area (Å²) < 4.78 is 0. The van der Waals surface area contributed by atoms with Gasteiger partial charge in [-0.2, -0.15) is 0 Å². The van der Waals surface area contributed by atoms with Gasteiger partial charge in [-0.05, 0) is 32.4 Å². The largest absolute Gasteiger partial charge is 0.353 e. The Hall–Kier alpha value is -1.58. The summed E-state index contributed by atoms with van der Waals surface area (Å²) in [6.07, 6.45) is 2.48. The van der Waals surface area contributed by atoms with Gasteiger partial charge in [-0.15, -0.1) is 0 Å². The zero-order valence-electron chi connectivity index (χ0n) is 12.3. The van der Waals surface area contributed by atoms with Crippen LogP contribution in [0.2, 0.25) is 0 Å². The SMILES string of the molecule is CCC(=O)N1C(C)CN(c2ccc(C)cn2)CC1C. The molecular formula is C15H23N3O. The molecule has 0 spiro atoms. The summed E-state index contributed by atoms with van der Waals surface area (Å²) >= 11 is 0. The molecule has 1 fully saturated rings. The van der Waals surface area contributed by atoms with Crippen molar-refractivity contribution in [2.45, 2.75) is 46.2 Å². The van der Waals surface area contributed by atoms with Crippen molar-refractivity contribution < 1.29 is 4.79 Å². The lowest BCUT2D eigenvalue weighted by atomic mass is 10.1. The predicted octanol–water partition coefficient (Wildman–Crippen LogP) is 2.23. The van der Waals surface area contributed by atoms with Gasteiger partial charge in [0.05, 0.1) is 0 Å². The molecule has 4 nitrogen and oxygen atoms in total. The topological polar surface area (TPSA) is 36.4 Å². The normalized spacial score (nSPS) is 23.6. The summed E-state index contributed by atoms with van der Waals surface area (Å²) in [6, 6.07) is 4.62. The highest BCUT2D eigenvalue weighted by Crippen LogP contribution is 2.21. The van der Waals surface area contributed by atoms with E-state index in [1.807, 2.05) is 24.9 Å². The lowest BCUT2D eigenvalue weighted by Gasteiger charge is -2.45. The lowest BCUT2D eigenvalue weighted by molar-refractivity contribution is -0.135. The van der Waals surface area contributed by atoms with Gasteiger partial charge in [-0.1, -0.05) is 13.0 Å². The van der Waals surface area contributed by atoms with Gasteiger partial charge in [-0.3, -0.25) is 4.79 Å². The summed E-state index contributed by atoms with van der Waals surface area (Å²) in [7, 11) is 0. The molecule has 2 atom stereocenters. The first-order chi connectivity index (χ1) is 9.02. The van der Waals surface area contributed by atoms with Crippen molar-refractivity contribution >= 4 is 11.7 Å². The van der Waals surface area contributed by atoms with Gasteiger partial charge >= 0.3 is 0 Å². The van der Waals surface area contributed by atoms with Gasteiger partial charge in [-0.25, -0.2) is 4.98 Å². The van der Waals surface area contributed by atoms with E-state index in [0.717, 1.165) is 18.9 Å². The zero-order chi connectivity index (χ0) is 14.0. The Morgan fingerprint density at radius 1 is 1.32 bits per heavy atom. The highest BCUT2D eigenvalue weighted by molar-refractivity contribution is 5.77. The number of nitrogens with zero attached hydrogens (tertiary/aromatic N) is 3. The number of carbonyl (C=O) groups is 1. The van der Waals surface area contributed by atoms with Gasteiger partial charge in [0, 0.05) is 37.8 Å². The maximum Gasteiger partial charge on any atom is 0.222 e. The number of piperazine rings is 1. The molecule has 104 valence electrons. The molecule has 4 heteroatoms. The van der Waals surface area contributed by atoms with Gasteiger partial charge < -0.3 is 9.80 Å². The van der Waals surface area contributed by atoms with Crippen LogP contribution in [0.1, 0.15) is 32.8 Å². The number of amides is 1. The average Bonchev–Trinajstić information content (AvgIpc) is 2.38. The van der Waals surface area contributed by atoms with Crippen LogP contribution in [0.3, 0.4) is 0 Å². The molecule has 19 heavy (non-hydrogen) atoms. The minimum Gasteiger partial charge on any atom is -0.353 e.